The van der Waals surface area contributed by atoms with Crippen LogP contribution in [0.25, 0.3) is 0 Å². The highest BCUT2D eigenvalue weighted by atomic mass is 31.2. The van der Waals surface area contributed by atoms with E-state index in [1.807, 2.05) is 0 Å². The Morgan fingerprint density at radius 2 is 0.864 bits per heavy atom. The molecule has 0 rings (SSSR count). The van der Waals surface area contributed by atoms with Gasteiger partial charge in [0.25, 0.3) is 0 Å². The summed E-state index contributed by atoms with van der Waals surface area (Å²) < 4.78 is 27.0. The van der Waals surface area contributed by atoms with Gasteiger partial charge in [-0.15, -0.1) is 0 Å². The third-order valence-electron chi connectivity index (χ3n) is 11.4. The SMILES string of the molecule is CC/C=C\C/C=C\C/C=C\C/C=C\C/C=C\C/C=C\CCCCC(=O)OCC(O)COP(=O)(O)OCCNC(=O)CCCCCCCCCCCCCCCCCCCCCCCCCC. The molecule has 382 valence electrons. The van der Waals surface area contributed by atoms with Crippen LogP contribution >= 0.6 is 7.82 Å². The highest BCUT2D eigenvalue weighted by Gasteiger charge is 2.23. The number of amides is 1. The lowest BCUT2D eigenvalue weighted by molar-refractivity contribution is -0.147. The molecule has 0 aliphatic carbocycles. The Labute approximate surface area is 405 Å². The number of esters is 1. The third kappa shape index (κ3) is 52.4. The minimum atomic E-state index is -4.44. The smallest absolute Gasteiger partial charge is 0.463 e. The van der Waals surface area contributed by atoms with Crippen LogP contribution < -0.4 is 5.32 Å². The maximum absolute atomic E-state index is 12.2. The van der Waals surface area contributed by atoms with Crippen molar-refractivity contribution < 1.29 is 37.9 Å². The zero-order valence-corrected chi connectivity index (χ0v) is 43.3. The van der Waals surface area contributed by atoms with Crippen molar-refractivity contribution in [1.82, 2.24) is 5.32 Å². The van der Waals surface area contributed by atoms with Crippen molar-refractivity contribution in [1.29, 1.82) is 0 Å². The highest BCUT2D eigenvalue weighted by molar-refractivity contribution is 7.47. The van der Waals surface area contributed by atoms with Crippen LogP contribution in [0.4, 0.5) is 0 Å². The summed E-state index contributed by atoms with van der Waals surface area (Å²) in [5.74, 6) is -0.556. The van der Waals surface area contributed by atoms with Gasteiger partial charge >= 0.3 is 13.8 Å². The zero-order valence-electron chi connectivity index (χ0n) is 42.4. The number of aliphatic hydroxyl groups excluding tert-OH is 1. The standard InChI is InChI=1S/C56H100NO8P/c1-3-5-7-9-11-13-15-17-19-21-23-25-26-27-29-30-32-34-36-38-40-42-44-46-48-55(59)57-50-51-64-66(61,62)65-53-54(58)52-63-56(60)49-47-45-43-41-39-37-35-33-31-28-24-22-20-18-16-14-12-10-8-6-4-2/h6,8,12,14,18,20,24,28,33,35,39,41,54,58H,3-5,7,9-11,13,15-17,19,21-23,25-27,29-32,34,36-38,40,42-53H2,1-2H3,(H,57,59)(H,61,62)/b8-6-,14-12-,20-18-,28-24-,35-33-,41-39-. The van der Waals surface area contributed by atoms with Crippen molar-refractivity contribution in [2.24, 2.45) is 0 Å². The first-order valence-corrected chi connectivity index (χ1v) is 28.4. The van der Waals surface area contributed by atoms with Gasteiger partial charge in [-0.2, -0.15) is 0 Å². The monoisotopic (exact) mass is 946 g/mol. The van der Waals surface area contributed by atoms with E-state index in [2.05, 4.69) is 92.1 Å². The van der Waals surface area contributed by atoms with Gasteiger partial charge in [-0.25, -0.2) is 4.57 Å². The molecule has 1 amide bonds. The molecule has 0 aromatic rings. The highest BCUT2D eigenvalue weighted by Crippen LogP contribution is 2.42. The number of allylic oxidation sites excluding steroid dienone is 12. The van der Waals surface area contributed by atoms with Gasteiger partial charge in [0.15, 0.2) is 0 Å². The largest absolute Gasteiger partial charge is 0.472 e. The first-order valence-electron chi connectivity index (χ1n) is 26.9. The maximum atomic E-state index is 12.2. The molecular formula is C56H100NO8P. The number of unbranched alkanes of at least 4 members (excludes halogenated alkanes) is 25. The normalized spacial score (nSPS) is 13.7. The molecule has 0 aromatic heterocycles. The molecule has 0 aliphatic heterocycles. The summed E-state index contributed by atoms with van der Waals surface area (Å²) in [6, 6.07) is 0. The van der Waals surface area contributed by atoms with Gasteiger partial charge in [0, 0.05) is 19.4 Å². The van der Waals surface area contributed by atoms with Crippen molar-refractivity contribution in [3.8, 4) is 0 Å². The van der Waals surface area contributed by atoms with Crippen molar-refractivity contribution >= 4 is 19.7 Å². The van der Waals surface area contributed by atoms with Gasteiger partial charge in [0.05, 0.1) is 13.2 Å². The van der Waals surface area contributed by atoms with Gasteiger partial charge in [0.2, 0.25) is 5.91 Å². The molecule has 2 unspecified atom stereocenters. The second-order valence-electron chi connectivity index (χ2n) is 17.8. The molecule has 0 heterocycles. The molecule has 0 fully saturated rings. The predicted octanol–water partition coefficient (Wildman–Crippen LogP) is 16.2. The number of hydrogen-bond donors (Lipinski definition) is 3. The fourth-order valence-electron chi connectivity index (χ4n) is 7.39. The molecule has 66 heavy (non-hydrogen) atoms. The van der Waals surface area contributed by atoms with Crippen LogP contribution in [0.1, 0.15) is 239 Å². The Hall–Kier alpha value is -2.55. The van der Waals surface area contributed by atoms with Crippen LogP contribution in [0.3, 0.4) is 0 Å². The minimum Gasteiger partial charge on any atom is -0.463 e. The molecule has 0 aliphatic rings. The van der Waals surface area contributed by atoms with E-state index >= 15 is 0 Å². The van der Waals surface area contributed by atoms with E-state index in [1.165, 1.54) is 135 Å². The summed E-state index contributed by atoms with van der Waals surface area (Å²) >= 11 is 0. The first-order chi connectivity index (χ1) is 32.3. The molecule has 0 saturated carbocycles. The van der Waals surface area contributed by atoms with Crippen LogP contribution in [0.15, 0.2) is 72.9 Å². The van der Waals surface area contributed by atoms with Gasteiger partial charge in [-0.1, -0.05) is 234 Å². The fourth-order valence-corrected chi connectivity index (χ4v) is 8.14. The Balaban J connectivity index is 3.59. The number of phosphoric ester groups is 1. The Bertz CT molecular complexity index is 1310. The molecule has 10 heteroatoms. The van der Waals surface area contributed by atoms with Gasteiger partial charge < -0.3 is 20.1 Å². The summed E-state index contributed by atoms with van der Waals surface area (Å²) in [5, 5.41) is 12.8. The van der Waals surface area contributed by atoms with E-state index in [9.17, 15) is 24.2 Å². The molecule has 0 radical (unpaired) electrons. The lowest BCUT2D eigenvalue weighted by atomic mass is 10.0. The Kier molecular flexibility index (Phi) is 49.8. The van der Waals surface area contributed by atoms with Crippen molar-refractivity contribution in [2.45, 2.75) is 245 Å². The van der Waals surface area contributed by atoms with E-state index in [0.29, 0.717) is 12.8 Å². The van der Waals surface area contributed by atoms with E-state index in [1.54, 1.807) is 0 Å². The quantitative estimate of drug-likeness (QED) is 0.0238. The van der Waals surface area contributed by atoms with Crippen molar-refractivity contribution in [3.63, 3.8) is 0 Å². The van der Waals surface area contributed by atoms with Gasteiger partial charge in [-0.3, -0.25) is 18.6 Å². The molecular weight excluding hydrogens is 846 g/mol. The third-order valence-corrected chi connectivity index (χ3v) is 12.4. The van der Waals surface area contributed by atoms with E-state index in [4.69, 9.17) is 13.8 Å². The number of phosphoric acid groups is 1. The van der Waals surface area contributed by atoms with Crippen LogP contribution in [-0.2, 0) is 27.9 Å². The molecule has 0 aromatic carbocycles. The van der Waals surface area contributed by atoms with Gasteiger partial charge in [-0.05, 0) is 64.2 Å². The molecule has 2 atom stereocenters. The Morgan fingerprint density at radius 1 is 0.485 bits per heavy atom. The maximum Gasteiger partial charge on any atom is 0.472 e. The van der Waals surface area contributed by atoms with Gasteiger partial charge in [0.1, 0.15) is 12.7 Å². The van der Waals surface area contributed by atoms with Crippen LogP contribution in [-0.4, -0.2) is 54.3 Å². The second kappa shape index (κ2) is 51.8. The summed E-state index contributed by atoms with van der Waals surface area (Å²) in [6.45, 7) is 3.42. The lowest BCUT2D eigenvalue weighted by Crippen LogP contribution is -2.27. The van der Waals surface area contributed by atoms with Crippen LogP contribution in [0, 0.1) is 0 Å². The molecule has 0 saturated heterocycles. The number of ether oxygens (including phenoxy) is 1. The number of carbonyl (C=O) groups excluding carboxylic acids is 2. The van der Waals surface area contributed by atoms with Crippen molar-refractivity contribution in [3.05, 3.63) is 72.9 Å². The summed E-state index contributed by atoms with van der Waals surface area (Å²) in [4.78, 5) is 34.1. The molecule has 0 bridgehead atoms. The number of carbonyl (C=O) groups is 2. The summed E-state index contributed by atoms with van der Waals surface area (Å²) in [6.07, 6.45) is 65.7. The zero-order chi connectivity index (χ0) is 48.1. The average Bonchev–Trinajstić information content (AvgIpc) is 3.31. The molecule has 3 N–H and O–H groups in total. The number of hydrogen-bond acceptors (Lipinski definition) is 7. The van der Waals surface area contributed by atoms with Crippen LogP contribution in [0.2, 0.25) is 0 Å². The first kappa shape index (κ1) is 63.5. The number of rotatable bonds is 50. The Morgan fingerprint density at radius 3 is 1.29 bits per heavy atom. The van der Waals surface area contributed by atoms with Crippen LogP contribution in [0.5, 0.6) is 0 Å². The minimum absolute atomic E-state index is 0.0758. The fraction of sp³-hybridized carbons (Fsp3) is 0.750. The van der Waals surface area contributed by atoms with E-state index in [0.717, 1.165) is 70.6 Å². The number of nitrogens with one attached hydrogen (secondary N) is 1. The summed E-state index contributed by atoms with van der Waals surface area (Å²) in [5.41, 5.74) is 0. The summed E-state index contributed by atoms with van der Waals surface area (Å²) in [7, 11) is -4.44. The predicted molar refractivity (Wildman–Crippen MR) is 279 cm³/mol. The molecule has 0 spiro atoms. The molecule has 9 nitrogen and oxygen atoms in total. The number of aliphatic hydroxyl groups is 1. The van der Waals surface area contributed by atoms with E-state index < -0.39 is 26.5 Å². The van der Waals surface area contributed by atoms with Crippen molar-refractivity contribution in [2.75, 3.05) is 26.4 Å². The average molecular weight is 946 g/mol. The lowest BCUT2D eigenvalue weighted by Gasteiger charge is -2.15. The topological polar surface area (TPSA) is 131 Å². The second-order valence-corrected chi connectivity index (χ2v) is 19.3. The van der Waals surface area contributed by atoms with E-state index in [-0.39, 0.29) is 32.1 Å².